The minimum absolute atomic E-state index is 0.155. The Balaban J connectivity index is 3.05. The fraction of sp³-hybridized carbons (Fsp3) is 0.222. The van der Waals surface area contributed by atoms with E-state index >= 15 is 0 Å². The molecule has 0 bridgehead atoms. The van der Waals surface area contributed by atoms with Gasteiger partial charge in [-0.15, -0.1) is 11.3 Å². The summed E-state index contributed by atoms with van der Waals surface area (Å²) in [7, 11) is 0. The third kappa shape index (κ3) is 0.898. The number of aromatic nitrogens is 1. The van der Waals surface area contributed by atoms with Crippen LogP contribution in [0.15, 0.2) is 16.2 Å². The minimum atomic E-state index is 0.155. The van der Waals surface area contributed by atoms with E-state index in [1.165, 1.54) is 0 Å². The summed E-state index contributed by atoms with van der Waals surface area (Å²) in [6, 6.07) is 1.87. The number of pyridine rings is 1. The summed E-state index contributed by atoms with van der Waals surface area (Å²) >= 11 is 1.57. The molecule has 0 aliphatic rings. The summed E-state index contributed by atoms with van der Waals surface area (Å²) in [5.74, 6) is 0. The van der Waals surface area contributed by atoms with Gasteiger partial charge in [-0.05, 0) is 25.3 Å². The van der Waals surface area contributed by atoms with Crippen molar-refractivity contribution < 1.29 is 0 Å². The molecule has 2 nitrogen and oxygen atoms in total. The summed E-state index contributed by atoms with van der Waals surface area (Å²) in [5.41, 5.74) is 1.94. The predicted molar refractivity (Wildman–Crippen MR) is 51.9 cm³/mol. The lowest BCUT2D eigenvalue weighted by Gasteiger charge is -1.98. The third-order valence-corrected chi connectivity index (χ3v) is 2.94. The summed E-state index contributed by atoms with van der Waals surface area (Å²) in [5, 5.41) is 2.74. The smallest absolute Gasteiger partial charge is 0.193 e. The number of aryl methyl sites for hydroxylation is 1. The maximum absolute atomic E-state index is 11.6. The van der Waals surface area contributed by atoms with Crippen LogP contribution in [0.25, 0.3) is 10.2 Å². The van der Waals surface area contributed by atoms with Crippen LogP contribution >= 0.6 is 11.3 Å². The first-order chi connectivity index (χ1) is 5.70. The topological polar surface area (TPSA) is 32.9 Å². The van der Waals surface area contributed by atoms with E-state index in [0.717, 1.165) is 21.5 Å². The third-order valence-electron chi connectivity index (χ3n) is 2.11. The molecule has 0 aromatic carbocycles. The van der Waals surface area contributed by atoms with Gasteiger partial charge in [0, 0.05) is 11.3 Å². The van der Waals surface area contributed by atoms with Crippen LogP contribution in [-0.4, -0.2) is 4.98 Å². The van der Waals surface area contributed by atoms with Gasteiger partial charge in [-0.3, -0.25) is 4.79 Å². The van der Waals surface area contributed by atoms with Crippen molar-refractivity contribution in [2.45, 2.75) is 13.8 Å². The van der Waals surface area contributed by atoms with Crippen LogP contribution < -0.4 is 5.43 Å². The van der Waals surface area contributed by atoms with Gasteiger partial charge in [0.1, 0.15) is 4.83 Å². The van der Waals surface area contributed by atoms with Gasteiger partial charge in [0.15, 0.2) is 5.43 Å². The molecule has 0 saturated heterocycles. The molecule has 3 heteroatoms. The van der Waals surface area contributed by atoms with Crippen molar-refractivity contribution in [3.8, 4) is 0 Å². The van der Waals surface area contributed by atoms with Crippen LogP contribution in [0.2, 0.25) is 0 Å². The Hall–Kier alpha value is -1.09. The van der Waals surface area contributed by atoms with Crippen LogP contribution in [0.3, 0.4) is 0 Å². The van der Waals surface area contributed by atoms with Crippen molar-refractivity contribution in [2.24, 2.45) is 0 Å². The van der Waals surface area contributed by atoms with E-state index in [9.17, 15) is 4.79 Å². The number of hydrogen-bond acceptors (Lipinski definition) is 2. The van der Waals surface area contributed by atoms with Crippen LogP contribution in [0.4, 0.5) is 0 Å². The van der Waals surface area contributed by atoms with Crippen LogP contribution in [-0.2, 0) is 0 Å². The number of aromatic amines is 1. The first kappa shape index (κ1) is 7.55. The second kappa shape index (κ2) is 2.45. The molecule has 0 aliphatic carbocycles. The van der Waals surface area contributed by atoms with E-state index in [1.54, 1.807) is 11.3 Å². The van der Waals surface area contributed by atoms with E-state index in [-0.39, 0.29) is 5.43 Å². The van der Waals surface area contributed by atoms with E-state index in [4.69, 9.17) is 0 Å². The van der Waals surface area contributed by atoms with E-state index < -0.39 is 0 Å². The molecule has 2 heterocycles. The normalized spacial score (nSPS) is 10.8. The standard InChI is InChI=1S/C9H9NOS/c1-5-6(2)10-9-7(8(5)11)3-4-12-9/h3-4H,1-2H3,(H,10,11). The SMILES string of the molecule is Cc1[nH]c2sccc2c(=O)c1C. The molecular weight excluding hydrogens is 170 g/mol. The molecule has 0 saturated carbocycles. The van der Waals surface area contributed by atoms with Gasteiger partial charge in [-0.25, -0.2) is 0 Å². The molecule has 12 heavy (non-hydrogen) atoms. The van der Waals surface area contributed by atoms with Crippen molar-refractivity contribution in [1.29, 1.82) is 0 Å². The quantitative estimate of drug-likeness (QED) is 0.660. The molecule has 0 radical (unpaired) electrons. The van der Waals surface area contributed by atoms with Crippen LogP contribution in [0.1, 0.15) is 11.3 Å². The zero-order chi connectivity index (χ0) is 8.72. The molecule has 0 atom stereocenters. The Morgan fingerprint density at radius 2 is 2.17 bits per heavy atom. The molecular formula is C9H9NOS. The number of thiophene rings is 1. The molecule has 62 valence electrons. The van der Waals surface area contributed by atoms with Gasteiger partial charge in [0.2, 0.25) is 0 Å². The highest BCUT2D eigenvalue weighted by Gasteiger charge is 2.04. The van der Waals surface area contributed by atoms with Gasteiger partial charge < -0.3 is 4.98 Å². The lowest BCUT2D eigenvalue weighted by Crippen LogP contribution is -2.07. The highest BCUT2D eigenvalue weighted by Crippen LogP contribution is 2.16. The Morgan fingerprint density at radius 1 is 1.42 bits per heavy atom. The van der Waals surface area contributed by atoms with E-state index in [2.05, 4.69) is 4.98 Å². The van der Waals surface area contributed by atoms with Gasteiger partial charge in [-0.2, -0.15) is 0 Å². The molecule has 0 amide bonds. The van der Waals surface area contributed by atoms with Gasteiger partial charge in [0.05, 0.1) is 5.39 Å². The highest BCUT2D eigenvalue weighted by molar-refractivity contribution is 7.16. The Morgan fingerprint density at radius 3 is 2.92 bits per heavy atom. The Bertz CT molecular complexity index is 481. The summed E-state index contributed by atoms with van der Waals surface area (Å²) in [6.07, 6.45) is 0. The fourth-order valence-corrected chi connectivity index (χ4v) is 2.06. The molecule has 1 N–H and O–H groups in total. The molecule has 0 spiro atoms. The second-order valence-corrected chi connectivity index (χ2v) is 3.78. The van der Waals surface area contributed by atoms with Crippen molar-refractivity contribution >= 4 is 21.6 Å². The van der Waals surface area contributed by atoms with Crippen molar-refractivity contribution in [3.63, 3.8) is 0 Å². The van der Waals surface area contributed by atoms with Gasteiger partial charge in [-0.1, -0.05) is 0 Å². The number of rotatable bonds is 0. The first-order valence-corrected chi connectivity index (χ1v) is 4.65. The average molecular weight is 179 g/mol. The minimum Gasteiger partial charge on any atom is -0.350 e. The second-order valence-electron chi connectivity index (χ2n) is 2.87. The predicted octanol–water partition coefficient (Wildman–Crippen LogP) is 2.21. The van der Waals surface area contributed by atoms with Gasteiger partial charge >= 0.3 is 0 Å². The van der Waals surface area contributed by atoms with E-state index in [1.807, 2.05) is 25.3 Å². The van der Waals surface area contributed by atoms with E-state index in [0.29, 0.717) is 0 Å². The fourth-order valence-electron chi connectivity index (χ4n) is 1.22. The zero-order valence-electron chi connectivity index (χ0n) is 6.97. The maximum atomic E-state index is 11.6. The molecule has 0 unspecified atom stereocenters. The lowest BCUT2D eigenvalue weighted by molar-refractivity contribution is 1.19. The summed E-state index contributed by atoms with van der Waals surface area (Å²) in [4.78, 5) is 15.8. The van der Waals surface area contributed by atoms with Crippen LogP contribution in [0.5, 0.6) is 0 Å². The monoisotopic (exact) mass is 179 g/mol. The largest absolute Gasteiger partial charge is 0.350 e. The number of nitrogens with one attached hydrogen (secondary N) is 1. The average Bonchev–Trinajstić information content (AvgIpc) is 2.48. The van der Waals surface area contributed by atoms with Crippen LogP contribution in [0, 0.1) is 13.8 Å². The molecule has 2 rings (SSSR count). The Kier molecular flexibility index (Phi) is 1.54. The molecule has 0 aliphatic heterocycles. The summed E-state index contributed by atoms with van der Waals surface area (Å²) in [6.45, 7) is 3.78. The first-order valence-electron chi connectivity index (χ1n) is 3.77. The number of hydrogen-bond donors (Lipinski definition) is 1. The van der Waals surface area contributed by atoms with Gasteiger partial charge in [0.25, 0.3) is 0 Å². The molecule has 0 fully saturated rings. The number of H-pyrrole nitrogens is 1. The van der Waals surface area contributed by atoms with Crippen molar-refractivity contribution in [3.05, 3.63) is 32.9 Å². The Labute approximate surface area is 73.9 Å². The van der Waals surface area contributed by atoms with Crippen molar-refractivity contribution in [1.82, 2.24) is 4.98 Å². The van der Waals surface area contributed by atoms with Crippen molar-refractivity contribution in [2.75, 3.05) is 0 Å². The molecule has 2 aromatic heterocycles. The molecule has 2 aromatic rings. The lowest BCUT2D eigenvalue weighted by atomic mass is 10.2. The maximum Gasteiger partial charge on any atom is 0.193 e. The highest BCUT2D eigenvalue weighted by atomic mass is 32.1. The number of fused-ring (bicyclic) bond motifs is 1. The summed E-state index contributed by atoms with van der Waals surface area (Å²) < 4.78 is 0. The zero-order valence-corrected chi connectivity index (χ0v) is 7.79.